The van der Waals surface area contributed by atoms with Gasteiger partial charge < -0.3 is 10.6 Å². The second-order valence-electron chi connectivity index (χ2n) is 6.61. The molecule has 1 amide bonds. The lowest BCUT2D eigenvalue weighted by Gasteiger charge is -2.37. The van der Waals surface area contributed by atoms with Crippen LogP contribution < -0.4 is 10.6 Å². The molecule has 0 aromatic heterocycles. The van der Waals surface area contributed by atoms with Crippen LogP contribution in [0, 0.1) is 5.41 Å². The Balaban J connectivity index is 1.84. The molecule has 2 fully saturated rings. The molecule has 0 aromatic carbocycles. The Morgan fingerprint density at radius 3 is 2.70 bits per heavy atom. The lowest BCUT2D eigenvalue weighted by atomic mass is 9.76. The van der Waals surface area contributed by atoms with Gasteiger partial charge >= 0.3 is 0 Å². The van der Waals surface area contributed by atoms with Crippen molar-refractivity contribution in [2.45, 2.75) is 58.4 Å². The van der Waals surface area contributed by atoms with Crippen LogP contribution in [0.5, 0.6) is 0 Å². The monoisotopic (exact) mass is 281 g/mol. The molecule has 116 valence electrons. The molecule has 2 N–H and O–H groups in total. The molecule has 0 aromatic rings. The zero-order valence-corrected chi connectivity index (χ0v) is 13.2. The van der Waals surface area contributed by atoms with Crippen LogP contribution in [0.2, 0.25) is 0 Å². The molecular formula is C16H31N3O. The standard InChI is InChI=1S/C16H31N3O/c1-3-7-16(8-6-9-17-13-16)15(20)18-12-14(2)19-10-4-5-11-19/h14,17H,3-13H2,1-2H3,(H,18,20). The molecule has 0 bridgehead atoms. The van der Waals surface area contributed by atoms with Crippen LogP contribution in [0.15, 0.2) is 0 Å². The highest BCUT2D eigenvalue weighted by Gasteiger charge is 2.38. The van der Waals surface area contributed by atoms with Gasteiger partial charge in [0.05, 0.1) is 5.41 Å². The molecule has 0 radical (unpaired) electrons. The molecule has 2 unspecified atom stereocenters. The van der Waals surface area contributed by atoms with E-state index in [0.717, 1.165) is 45.3 Å². The summed E-state index contributed by atoms with van der Waals surface area (Å²) in [6.07, 6.45) is 6.86. The fraction of sp³-hybridized carbons (Fsp3) is 0.938. The number of carbonyl (C=O) groups is 1. The summed E-state index contributed by atoms with van der Waals surface area (Å²) in [6, 6.07) is 0.469. The summed E-state index contributed by atoms with van der Waals surface area (Å²) in [4.78, 5) is 15.2. The molecule has 2 saturated heterocycles. The van der Waals surface area contributed by atoms with Crippen molar-refractivity contribution in [1.82, 2.24) is 15.5 Å². The fourth-order valence-electron chi connectivity index (χ4n) is 3.71. The van der Waals surface area contributed by atoms with E-state index in [-0.39, 0.29) is 11.3 Å². The molecule has 2 aliphatic rings. The number of likely N-dealkylation sites (tertiary alicyclic amines) is 1. The Kier molecular flexibility index (Phi) is 5.85. The second kappa shape index (κ2) is 7.41. The summed E-state index contributed by atoms with van der Waals surface area (Å²) < 4.78 is 0. The van der Waals surface area contributed by atoms with Gasteiger partial charge in [-0.15, -0.1) is 0 Å². The summed E-state index contributed by atoms with van der Waals surface area (Å²) >= 11 is 0. The van der Waals surface area contributed by atoms with E-state index in [9.17, 15) is 4.79 Å². The largest absolute Gasteiger partial charge is 0.354 e. The van der Waals surface area contributed by atoms with Crippen molar-refractivity contribution in [3.63, 3.8) is 0 Å². The Hall–Kier alpha value is -0.610. The summed E-state index contributed by atoms with van der Waals surface area (Å²) in [5, 5.41) is 6.65. The maximum atomic E-state index is 12.7. The van der Waals surface area contributed by atoms with E-state index >= 15 is 0 Å². The van der Waals surface area contributed by atoms with E-state index in [1.807, 2.05) is 0 Å². The van der Waals surface area contributed by atoms with Crippen LogP contribution >= 0.6 is 0 Å². The first-order valence-electron chi connectivity index (χ1n) is 8.41. The Morgan fingerprint density at radius 2 is 2.10 bits per heavy atom. The lowest BCUT2D eigenvalue weighted by Crippen LogP contribution is -2.52. The van der Waals surface area contributed by atoms with Crippen LogP contribution in [0.25, 0.3) is 0 Å². The Labute approximate surface area is 123 Å². The average Bonchev–Trinajstić information content (AvgIpc) is 3.00. The Bertz CT molecular complexity index is 301. The molecule has 4 nitrogen and oxygen atoms in total. The van der Waals surface area contributed by atoms with E-state index in [0.29, 0.717) is 6.04 Å². The van der Waals surface area contributed by atoms with Crippen molar-refractivity contribution in [3.05, 3.63) is 0 Å². The van der Waals surface area contributed by atoms with Gasteiger partial charge in [-0.05, 0) is 58.7 Å². The van der Waals surface area contributed by atoms with Gasteiger partial charge in [-0.3, -0.25) is 9.69 Å². The predicted molar refractivity (Wildman–Crippen MR) is 82.7 cm³/mol. The molecule has 2 atom stereocenters. The van der Waals surface area contributed by atoms with Crippen LogP contribution in [-0.4, -0.2) is 49.6 Å². The number of rotatable bonds is 6. The van der Waals surface area contributed by atoms with Gasteiger partial charge in [0.25, 0.3) is 0 Å². The molecule has 2 aliphatic heterocycles. The zero-order valence-electron chi connectivity index (χ0n) is 13.2. The third-order valence-electron chi connectivity index (χ3n) is 5.00. The highest BCUT2D eigenvalue weighted by molar-refractivity contribution is 5.83. The third kappa shape index (κ3) is 3.73. The number of hydrogen-bond acceptors (Lipinski definition) is 3. The highest BCUT2D eigenvalue weighted by Crippen LogP contribution is 2.31. The van der Waals surface area contributed by atoms with Gasteiger partial charge in [-0.1, -0.05) is 13.3 Å². The zero-order chi connectivity index (χ0) is 14.4. The summed E-state index contributed by atoms with van der Waals surface area (Å²) in [5.74, 6) is 0.276. The molecular weight excluding hydrogens is 250 g/mol. The first-order chi connectivity index (χ1) is 9.68. The fourth-order valence-corrected chi connectivity index (χ4v) is 3.71. The van der Waals surface area contributed by atoms with E-state index in [1.165, 1.54) is 25.9 Å². The Morgan fingerprint density at radius 1 is 1.35 bits per heavy atom. The van der Waals surface area contributed by atoms with Crippen molar-refractivity contribution >= 4 is 5.91 Å². The number of carbonyl (C=O) groups excluding carboxylic acids is 1. The second-order valence-corrected chi connectivity index (χ2v) is 6.61. The molecule has 2 heterocycles. The van der Waals surface area contributed by atoms with Crippen LogP contribution in [0.3, 0.4) is 0 Å². The van der Waals surface area contributed by atoms with Crippen LogP contribution in [0.1, 0.15) is 52.4 Å². The maximum Gasteiger partial charge on any atom is 0.227 e. The van der Waals surface area contributed by atoms with Gasteiger partial charge in [-0.2, -0.15) is 0 Å². The molecule has 0 spiro atoms. The van der Waals surface area contributed by atoms with Crippen molar-refractivity contribution in [2.24, 2.45) is 5.41 Å². The van der Waals surface area contributed by atoms with Crippen molar-refractivity contribution in [1.29, 1.82) is 0 Å². The molecule has 2 rings (SSSR count). The summed E-state index contributed by atoms with van der Waals surface area (Å²) in [7, 11) is 0. The number of amides is 1. The van der Waals surface area contributed by atoms with Gasteiger partial charge in [0.1, 0.15) is 0 Å². The van der Waals surface area contributed by atoms with E-state index in [4.69, 9.17) is 0 Å². The van der Waals surface area contributed by atoms with Crippen molar-refractivity contribution in [3.8, 4) is 0 Å². The van der Waals surface area contributed by atoms with E-state index in [1.54, 1.807) is 0 Å². The topological polar surface area (TPSA) is 44.4 Å². The SMILES string of the molecule is CCCC1(C(=O)NCC(C)N2CCCC2)CCCNC1. The number of nitrogens with zero attached hydrogens (tertiary/aromatic N) is 1. The van der Waals surface area contributed by atoms with Crippen molar-refractivity contribution in [2.75, 3.05) is 32.7 Å². The normalized spacial score (nSPS) is 29.3. The van der Waals surface area contributed by atoms with E-state index in [2.05, 4.69) is 29.4 Å². The minimum absolute atomic E-state index is 0.155. The molecule has 0 saturated carbocycles. The maximum absolute atomic E-state index is 12.7. The highest BCUT2D eigenvalue weighted by atomic mass is 16.2. The van der Waals surface area contributed by atoms with E-state index < -0.39 is 0 Å². The molecule has 20 heavy (non-hydrogen) atoms. The average molecular weight is 281 g/mol. The first kappa shape index (κ1) is 15.8. The third-order valence-corrected chi connectivity index (χ3v) is 5.00. The van der Waals surface area contributed by atoms with Gasteiger partial charge in [0.2, 0.25) is 5.91 Å². The predicted octanol–water partition coefficient (Wildman–Crippen LogP) is 1.76. The van der Waals surface area contributed by atoms with Gasteiger partial charge in [0.15, 0.2) is 0 Å². The molecule has 4 heteroatoms. The quantitative estimate of drug-likeness (QED) is 0.780. The minimum atomic E-state index is -0.155. The number of piperidine rings is 1. The van der Waals surface area contributed by atoms with Crippen LogP contribution in [-0.2, 0) is 4.79 Å². The van der Waals surface area contributed by atoms with Crippen LogP contribution in [0.4, 0.5) is 0 Å². The lowest BCUT2D eigenvalue weighted by molar-refractivity contribution is -0.132. The molecule has 0 aliphatic carbocycles. The first-order valence-corrected chi connectivity index (χ1v) is 8.41. The van der Waals surface area contributed by atoms with Gasteiger partial charge in [0, 0.05) is 19.1 Å². The number of nitrogens with one attached hydrogen (secondary N) is 2. The van der Waals surface area contributed by atoms with Crippen molar-refractivity contribution < 1.29 is 4.79 Å². The smallest absolute Gasteiger partial charge is 0.227 e. The summed E-state index contributed by atoms with van der Waals surface area (Å²) in [5.41, 5.74) is -0.155. The minimum Gasteiger partial charge on any atom is -0.354 e. The summed E-state index contributed by atoms with van der Waals surface area (Å²) in [6.45, 7) is 9.50. The van der Waals surface area contributed by atoms with Gasteiger partial charge in [-0.25, -0.2) is 0 Å². The number of hydrogen-bond donors (Lipinski definition) is 2.